The van der Waals surface area contributed by atoms with Gasteiger partial charge in [-0.1, -0.05) is 17.7 Å². The van der Waals surface area contributed by atoms with E-state index in [9.17, 15) is 9.18 Å². The fourth-order valence-corrected chi connectivity index (χ4v) is 8.54. The Bertz CT molecular complexity index is 1520. The lowest BCUT2D eigenvalue weighted by Gasteiger charge is -2.18. The van der Waals surface area contributed by atoms with E-state index in [0.29, 0.717) is 52.3 Å². The van der Waals surface area contributed by atoms with Crippen LogP contribution in [0.5, 0.6) is 5.88 Å². The summed E-state index contributed by atoms with van der Waals surface area (Å²) in [5, 5.41) is 11.6. The molecule has 0 radical (unpaired) electrons. The summed E-state index contributed by atoms with van der Waals surface area (Å²) < 4.78 is 24.9. The van der Waals surface area contributed by atoms with E-state index in [-0.39, 0.29) is 22.8 Å². The van der Waals surface area contributed by atoms with Crippen LogP contribution in [0.1, 0.15) is 69.2 Å². The van der Waals surface area contributed by atoms with Gasteiger partial charge in [-0.15, -0.1) is 5.10 Å². The Balaban J connectivity index is 0.871. The van der Waals surface area contributed by atoms with Gasteiger partial charge in [-0.2, -0.15) is 0 Å². The van der Waals surface area contributed by atoms with Crippen LogP contribution < -0.4 is 20.1 Å². The van der Waals surface area contributed by atoms with E-state index < -0.39 is 12.1 Å². The third kappa shape index (κ3) is 6.02. The quantitative estimate of drug-likeness (QED) is 0.149. The van der Waals surface area contributed by atoms with Crippen molar-refractivity contribution in [3.8, 4) is 11.7 Å². The van der Waals surface area contributed by atoms with Crippen LogP contribution in [0, 0.1) is 22.7 Å². The van der Waals surface area contributed by atoms with Gasteiger partial charge in [0.2, 0.25) is 5.88 Å². The molecule has 1 amide bonds. The van der Waals surface area contributed by atoms with E-state index in [1.54, 1.807) is 35.1 Å². The van der Waals surface area contributed by atoms with Gasteiger partial charge in [-0.25, -0.2) is 19.0 Å². The predicted octanol–water partition coefficient (Wildman–Crippen LogP) is 6.24. The molecule has 9 nitrogen and oxygen atoms in total. The number of carbonyl (C=O) groups excluding carboxylic acids is 1. The molecule has 2 unspecified atom stereocenters. The largest absolute Gasteiger partial charge is 0.477 e. The Morgan fingerprint density at radius 1 is 1.18 bits per heavy atom. The summed E-state index contributed by atoms with van der Waals surface area (Å²) in [4.78, 5) is 21.7. The highest BCUT2D eigenvalue weighted by atomic mass is 35.5. The maximum atomic E-state index is 14.6. The van der Waals surface area contributed by atoms with Crippen LogP contribution in [0.25, 0.3) is 5.82 Å². The number of carbonyl (C=O) groups is 1. The maximum Gasteiger partial charge on any atom is 0.264 e. The molecule has 4 heterocycles. The normalized spacial score (nSPS) is 22.6. The number of pyridine rings is 2. The summed E-state index contributed by atoms with van der Waals surface area (Å²) in [7, 11) is 0. The lowest BCUT2D eigenvalue weighted by atomic mass is 9.93. The van der Waals surface area contributed by atoms with Crippen molar-refractivity contribution in [2.75, 3.05) is 25.0 Å². The van der Waals surface area contributed by atoms with Gasteiger partial charge in [0.05, 0.1) is 12.2 Å². The molecule has 44 heavy (non-hydrogen) atoms. The lowest BCUT2D eigenvalue weighted by molar-refractivity contribution is 0.0984. The first-order valence-electron chi connectivity index (χ1n) is 15.6. The summed E-state index contributed by atoms with van der Waals surface area (Å²) >= 11 is 7.47. The summed E-state index contributed by atoms with van der Waals surface area (Å²) in [6.45, 7) is 6.01. The first-order valence-corrected chi connectivity index (χ1v) is 16.8. The zero-order chi connectivity index (χ0) is 30.5. The second kappa shape index (κ2) is 11.5. The number of fused-ring (bicyclic) bond motifs is 1. The number of rotatable bonds is 13. The molecule has 1 aliphatic heterocycles. The molecule has 3 aromatic rings. The van der Waals surface area contributed by atoms with Crippen LogP contribution >= 0.6 is 23.5 Å². The Hall–Kier alpha value is -2.89. The fraction of sp³-hybridized carbons (Fsp3) is 0.562. The predicted molar refractivity (Wildman–Crippen MR) is 169 cm³/mol. The van der Waals surface area contributed by atoms with Crippen molar-refractivity contribution in [1.29, 1.82) is 0 Å². The van der Waals surface area contributed by atoms with Crippen LogP contribution in [0.15, 0.2) is 47.6 Å². The SMILES string of the molecule is CC1(C)CC(CC(F)CNc2cccc(SNC(=O)c3ccc(-n4ccc(OCCC5C6(CC6)C56CC6)n4)nc3Cl)n2)CN1. The zero-order valence-electron chi connectivity index (χ0n) is 25.1. The second-order valence-electron chi connectivity index (χ2n) is 13.6. The Labute approximate surface area is 266 Å². The number of hydrogen-bond acceptors (Lipinski definition) is 8. The molecule has 4 fully saturated rings. The van der Waals surface area contributed by atoms with Gasteiger partial charge < -0.3 is 15.4 Å². The summed E-state index contributed by atoms with van der Waals surface area (Å²) in [5.41, 5.74) is 1.68. The molecule has 3 aromatic heterocycles. The van der Waals surface area contributed by atoms with Crippen molar-refractivity contribution in [1.82, 2.24) is 29.8 Å². The lowest BCUT2D eigenvalue weighted by Crippen LogP contribution is -2.31. The molecule has 12 heteroatoms. The highest BCUT2D eigenvalue weighted by Gasteiger charge is 2.85. The minimum absolute atomic E-state index is 0.0648. The topological polar surface area (TPSA) is 106 Å². The number of amides is 1. The Morgan fingerprint density at radius 3 is 2.68 bits per heavy atom. The van der Waals surface area contributed by atoms with Crippen LogP contribution in [-0.4, -0.2) is 57.1 Å². The van der Waals surface area contributed by atoms with Gasteiger partial charge in [0.25, 0.3) is 5.91 Å². The number of alkyl halides is 1. The van der Waals surface area contributed by atoms with Gasteiger partial charge in [-0.05, 0) is 112 Å². The molecule has 1 saturated heterocycles. The van der Waals surface area contributed by atoms with Crippen molar-refractivity contribution >= 4 is 35.3 Å². The first kappa shape index (κ1) is 29.8. The molecule has 3 saturated carbocycles. The van der Waals surface area contributed by atoms with Gasteiger partial charge >= 0.3 is 0 Å². The monoisotopic (exact) mass is 639 g/mol. The van der Waals surface area contributed by atoms with Crippen LogP contribution in [0.3, 0.4) is 0 Å². The molecule has 7 rings (SSSR count). The Morgan fingerprint density at radius 2 is 1.98 bits per heavy atom. The number of anilines is 1. The van der Waals surface area contributed by atoms with E-state index >= 15 is 0 Å². The molecular weight excluding hydrogens is 601 g/mol. The first-order chi connectivity index (χ1) is 21.2. The fourth-order valence-electron chi connectivity index (χ4n) is 7.71. The minimum Gasteiger partial charge on any atom is -0.477 e. The second-order valence-corrected chi connectivity index (χ2v) is 14.7. The van der Waals surface area contributed by atoms with Crippen LogP contribution in [-0.2, 0) is 0 Å². The smallest absolute Gasteiger partial charge is 0.264 e. The summed E-state index contributed by atoms with van der Waals surface area (Å²) in [6.07, 6.45) is 9.03. The van der Waals surface area contributed by atoms with Crippen LogP contribution in [0.4, 0.5) is 10.2 Å². The van der Waals surface area contributed by atoms with E-state index in [1.165, 1.54) is 25.7 Å². The molecule has 2 spiro atoms. The third-order valence-corrected chi connectivity index (χ3v) is 11.1. The van der Waals surface area contributed by atoms with Crippen molar-refractivity contribution in [3.63, 3.8) is 0 Å². The maximum absolute atomic E-state index is 14.6. The highest BCUT2D eigenvalue weighted by molar-refractivity contribution is 7.97. The standard InChI is InChI=1S/C32H39ClFN7O2S/c1-30(2)17-20(18-36-30)16-21(34)19-35-24-4-3-5-27(37-24)44-40-29(42)22-6-7-25(38-28(22)33)41-14-8-26(39-41)43-15-9-23-31(10-11-31)32(23)12-13-32/h3-8,14,20-21,23,36H,9-13,15-19H2,1-2H3,(H,35,37)(H,40,42). The van der Waals surface area contributed by atoms with Crippen LogP contribution in [0.2, 0.25) is 5.15 Å². The highest BCUT2D eigenvalue weighted by Crippen LogP contribution is 2.93. The molecule has 3 aliphatic carbocycles. The number of nitrogens with zero attached hydrogens (tertiary/aromatic N) is 4. The zero-order valence-corrected chi connectivity index (χ0v) is 26.7. The number of aromatic nitrogens is 4. The number of halogens is 2. The van der Waals surface area contributed by atoms with E-state index in [2.05, 4.69) is 44.3 Å². The van der Waals surface area contributed by atoms with Gasteiger partial charge in [0.15, 0.2) is 5.82 Å². The van der Waals surface area contributed by atoms with Crippen molar-refractivity contribution in [3.05, 3.63) is 53.3 Å². The van der Waals surface area contributed by atoms with Crippen molar-refractivity contribution in [2.45, 2.75) is 75.5 Å². The Kier molecular flexibility index (Phi) is 7.77. The molecule has 0 bridgehead atoms. The van der Waals surface area contributed by atoms with Gasteiger partial charge in [-0.3, -0.25) is 9.52 Å². The molecule has 0 aromatic carbocycles. The average molecular weight is 640 g/mol. The number of hydrogen-bond donors (Lipinski definition) is 3. The average Bonchev–Trinajstić information content (AvgIpc) is 3.95. The minimum atomic E-state index is -0.968. The van der Waals surface area contributed by atoms with E-state index in [0.717, 1.165) is 37.3 Å². The third-order valence-electron chi connectivity index (χ3n) is 10.1. The number of nitrogens with one attached hydrogen (secondary N) is 3. The molecule has 234 valence electrons. The van der Waals surface area contributed by atoms with Crippen molar-refractivity contribution < 1.29 is 13.9 Å². The number of ether oxygens (including phenoxy) is 1. The summed E-state index contributed by atoms with van der Waals surface area (Å²) in [6, 6.07) is 10.5. The van der Waals surface area contributed by atoms with E-state index in [1.807, 2.05) is 12.1 Å². The van der Waals surface area contributed by atoms with Gasteiger partial charge in [0.1, 0.15) is 22.2 Å². The van der Waals surface area contributed by atoms with E-state index in [4.69, 9.17) is 16.3 Å². The van der Waals surface area contributed by atoms with Gasteiger partial charge in [0, 0.05) is 36.3 Å². The molecule has 4 aliphatic rings. The molecule has 2 atom stereocenters. The summed E-state index contributed by atoms with van der Waals surface area (Å²) in [5.74, 6) is 2.37. The molecule has 3 N–H and O–H groups in total. The van der Waals surface area contributed by atoms with Crippen molar-refractivity contribution in [2.24, 2.45) is 22.7 Å². The molecular formula is C32H39ClFN7O2S.